The summed E-state index contributed by atoms with van der Waals surface area (Å²) in [6.45, 7) is 2.00. The van der Waals surface area contributed by atoms with E-state index in [2.05, 4.69) is 15.5 Å². The summed E-state index contributed by atoms with van der Waals surface area (Å²) in [4.78, 5) is 12.0. The van der Waals surface area contributed by atoms with Gasteiger partial charge in [-0.2, -0.15) is 5.10 Å². The van der Waals surface area contributed by atoms with Crippen LogP contribution in [0.3, 0.4) is 0 Å². The number of nitrogens with zero attached hydrogens (tertiary/aromatic N) is 1. The van der Waals surface area contributed by atoms with Crippen LogP contribution in [0.2, 0.25) is 0 Å². The summed E-state index contributed by atoms with van der Waals surface area (Å²) in [6.07, 6.45) is 0.832. The molecule has 6 nitrogen and oxygen atoms in total. The van der Waals surface area contributed by atoms with Crippen LogP contribution in [0.1, 0.15) is 23.0 Å². The number of H-pyrrole nitrogens is 1. The Hall–Kier alpha value is -2.50. The molecular formula is C13H16N4O2. The highest BCUT2D eigenvalue weighted by atomic mass is 16.5. The minimum atomic E-state index is -0.261. The van der Waals surface area contributed by atoms with Gasteiger partial charge >= 0.3 is 0 Å². The number of carbonyl (C=O) groups is 1. The number of methoxy groups -OCH3 is 1. The molecule has 6 heteroatoms. The van der Waals surface area contributed by atoms with Gasteiger partial charge < -0.3 is 15.8 Å². The number of anilines is 2. The van der Waals surface area contributed by atoms with E-state index >= 15 is 0 Å². The number of nitrogens with two attached hydrogens (primary N) is 1. The average molecular weight is 260 g/mol. The van der Waals surface area contributed by atoms with E-state index in [0.29, 0.717) is 22.8 Å². The molecule has 0 aliphatic heterocycles. The molecule has 1 amide bonds. The van der Waals surface area contributed by atoms with Crippen molar-refractivity contribution in [1.82, 2.24) is 10.2 Å². The lowest BCUT2D eigenvalue weighted by molar-refractivity contribution is 0.102. The molecule has 100 valence electrons. The third kappa shape index (κ3) is 2.85. The number of hydrogen-bond donors (Lipinski definition) is 3. The summed E-state index contributed by atoms with van der Waals surface area (Å²) in [5.41, 5.74) is 7.60. The Morgan fingerprint density at radius 2 is 2.26 bits per heavy atom. The Labute approximate surface area is 111 Å². The molecule has 1 heterocycles. The molecule has 1 aromatic heterocycles. The second-order valence-electron chi connectivity index (χ2n) is 4.04. The van der Waals surface area contributed by atoms with E-state index in [0.717, 1.165) is 12.1 Å². The van der Waals surface area contributed by atoms with E-state index < -0.39 is 0 Å². The standard InChI is InChI=1S/C13H16N4O2/c1-3-9-7-12(17-16-9)15-13(18)8-4-5-11(19-2)10(14)6-8/h4-7H,3,14H2,1-2H3,(H2,15,16,17,18). The van der Waals surface area contributed by atoms with Gasteiger partial charge in [0, 0.05) is 17.3 Å². The average Bonchev–Trinajstić information content (AvgIpc) is 2.86. The number of amides is 1. The first kappa shape index (κ1) is 12.9. The van der Waals surface area contributed by atoms with Crippen molar-refractivity contribution in [2.24, 2.45) is 0 Å². The summed E-state index contributed by atoms with van der Waals surface area (Å²) in [5.74, 6) is 0.782. The summed E-state index contributed by atoms with van der Waals surface area (Å²) in [5, 5.41) is 9.53. The van der Waals surface area contributed by atoms with E-state index in [1.165, 1.54) is 7.11 Å². The maximum Gasteiger partial charge on any atom is 0.256 e. The third-order valence-electron chi connectivity index (χ3n) is 2.75. The molecule has 2 aromatic rings. The van der Waals surface area contributed by atoms with Gasteiger partial charge in [0.15, 0.2) is 5.82 Å². The molecule has 0 aliphatic carbocycles. The highest BCUT2D eigenvalue weighted by Crippen LogP contribution is 2.22. The first-order valence-corrected chi connectivity index (χ1v) is 5.93. The van der Waals surface area contributed by atoms with Crippen LogP contribution in [0.4, 0.5) is 11.5 Å². The van der Waals surface area contributed by atoms with Crippen molar-refractivity contribution in [3.05, 3.63) is 35.5 Å². The number of rotatable bonds is 4. The van der Waals surface area contributed by atoms with E-state index in [9.17, 15) is 4.79 Å². The Morgan fingerprint density at radius 1 is 1.47 bits per heavy atom. The van der Waals surface area contributed by atoms with Gasteiger partial charge in [0.05, 0.1) is 12.8 Å². The van der Waals surface area contributed by atoms with Gasteiger partial charge in [0.2, 0.25) is 0 Å². The fraction of sp³-hybridized carbons (Fsp3) is 0.231. The maximum atomic E-state index is 12.0. The zero-order valence-corrected chi connectivity index (χ0v) is 10.9. The monoisotopic (exact) mass is 260 g/mol. The summed E-state index contributed by atoms with van der Waals surface area (Å²) in [6, 6.07) is 6.68. The SMILES string of the molecule is CCc1cc(NC(=O)c2ccc(OC)c(N)c2)n[nH]1. The molecule has 2 rings (SSSR count). The van der Waals surface area contributed by atoms with Crippen molar-refractivity contribution in [2.75, 3.05) is 18.2 Å². The Balaban J connectivity index is 2.13. The van der Waals surface area contributed by atoms with E-state index in [-0.39, 0.29) is 5.91 Å². The number of aromatic nitrogens is 2. The Kier molecular flexibility index (Phi) is 3.70. The van der Waals surface area contributed by atoms with Crippen LogP contribution in [0, 0.1) is 0 Å². The largest absolute Gasteiger partial charge is 0.495 e. The first-order valence-electron chi connectivity index (χ1n) is 5.93. The van der Waals surface area contributed by atoms with Crippen LogP contribution >= 0.6 is 0 Å². The highest BCUT2D eigenvalue weighted by Gasteiger charge is 2.10. The molecule has 0 bridgehead atoms. The zero-order chi connectivity index (χ0) is 13.8. The van der Waals surface area contributed by atoms with Gasteiger partial charge in [-0.1, -0.05) is 6.92 Å². The van der Waals surface area contributed by atoms with Crippen LogP contribution in [0.5, 0.6) is 5.75 Å². The molecular weight excluding hydrogens is 244 g/mol. The minimum Gasteiger partial charge on any atom is -0.495 e. The van der Waals surface area contributed by atoms with Crippen molar-refractivity contribution < 1.29 is 9.53 Å². The number of carbonyl (C=O) groups excluding carboxylic acids is 1. The number of ether oxygens (including phenoxy) is 1. The molecule has 0 fully saturated rings. The van der Waals surface area contributed by atoms with Crippen molar-refractivity contribution in [3.8, 4) is 5.75 Å². The lowest BCUT2D eigenvalue weighted by atomic mass is 10.1. The summed E-state index contributed by atoms with van der Waals surface area (Å²) >= 11 is 0. The lowest BCUT2D eigenvalue weighted by Gasteiger charge is -2.06. The molecule has 4 N–H and O–H groups in total. The summed E-state index contributed by atoms with van der Waals surface area (Å²) < 4.78 is 5.04. The second kappa shape index (κ2) is 5.43. The Morgan fingerprint density at radius 3 is 2.84 bits per heavy atom. The molecule has 0 radical (unpaired) electrons. The zero-order valence-electron chi connectivity index (χ0n) is 10.9. The van der Waals surface area contributed by atoms with Crippen LogP contribution < -0.4 is 15.8 Å². The van der Waals surface area contributed by atoms with Crippen LogP contribution in [0.15, 0.2) is 24.3 Å². The molecule has 0 atom stereocenters. The molecule has 0 aliphatic rings. The van der Waals surface area contributed by atoms with Crippen molar-refractivity contribution in [1.29, 1.82) is 0 Å². The topological polar surface area (TPSA) is 93.0 Å². The van der Waals surface area contributed by atoms with Gasteiger partial charge in [-0.05, 0) is 24.6 Å². The van der Waals surface area contributed by atoms with Crippen molar-refractivity contribution in [2.45, 2.75) is 13.3 Å². The first-order chi connectivity index (χ1) is 9.13. The number of benzene rings is 1. The normalized spacial score (nSPS) is 10.2. The van der Waals surface area contributed by atoms with Crippen LogP contribution in [-0.2, 0) is 6.42 Å². The van der Waals surface area contributed by atoms with E-state index in [4.69, 9.17) is 10.5 Å². The summed E-state index contributed by atoms with van der Waals surface area (Å²) in [7, 11) is 1.53. The molecule has 0 spiro atoms. The fourth-order valence-corrected chi connectivity index (χ4v) is 1.67. The number of nitrogen functional groups attached to an aromatic ring is 1. The number of aromatic amines is 1. The Bertz CT molecular complexity index is 592. The van der Waals surface area contributed by atoms with Crippen LogP contribution in [0.25, 0.3) is 0 Å². The molecule has 0 unspecified atom stereocenters. The van der Waals surface area contributed by atoms with E-state index in [1.807, 2.05) is 6.92 Å². The van der Waals surface area contributed by atoms with Gasteiger partial charge in [-0.3, -0.25) is 9.89 Å². The van der Waals surface area contributed by atoms with Crippen LogP contribution in [-0.4, -0.2) is 23.2 Å². The van der Waals surface area contributed by atoms with Gasteiger partial charge in [0.25, 0.3) is 5.91 Å². The maximum absolute atomic E-state index is 12.0. The molecule has 0 saturated heterocycles. The predicted molar refractivity (Wildman–Crippen MR) is 73.3 cm³/mol. The molecule has 1 aromatic carbocycles. The minimum absolute atomic E-state index is 0.261. The fourth-order valence-electron chi connectivity index (χ4n) is 1.67. The second-order valence-corrected chi connectivity index (χ2v) is 4.04. The predicted octanol–water partition coefficient (Wildman–Crippen LogP) is 1.82. The molecule has 0 saturated carbocycles. The number of aryl methyl sites for hydroxylation is 1. The van der Waals surface area contributed by atoms with Gasteiger partial charge in [-0.15, -0.1) is 0 Å². The quantitative estimate of drug-likeness (QED) is 0.731. The highest BCUT2D eigenvalue weighted by molar-refractivity contribution is 6.04. The number of nitrogens with one attached hydrogen (secondary N) is 2. The van der Waals surface area contributed by atoms with Gasteiger partial charge in [0.1, 0.15) is 5.75 Å². The smallest absolute Gasteiger partial charge is 0.256 e. The van der Waals surface area contributed by atoms with Crippen molar-refractivity contribution >= 4 is 17.4 Å². The van der Waals surface area contributed by atoms with Gasteiger partial charge in [-0.25, -0.2) is 0 Å². The lowest BCUT2D eigenvalue weighted by Crippen LogP contribution is -2.12. The molecule has 19 heavy (non-hydrogen) atoms. The van der Waals surface area contributed by atoms with Crippen molar-refractivity contribution in [3.63, 3.8) is 0 Å². The number of hydrogen-bond acceptors (Lipinski definition) is 4. The van der Waals surface area contributed by atoms with E-state index in [1.54, 1.807) is 24.3 Å². The third-order valence-corrected chi connectivity index (χ3v) is 2.75.